The molecule has 9 rings (SSSR count). The number of ketones is 1. The van der Waals surface area contributed by atoms with E-state index in [9.17, 15) is 27.6 Å². The zero-order valence-electron chi connectivity index (χ0n) is 32.7. The summed E-state index contributed by atoms with van der Waals surface area (Å²) in [5.41, 5.74) is 0.604. The maximum absolute atomic E-state index is 15.0. The van der Waals surface area contributed by atoms with E-state index in [4.69, 9.17) is 14.5 Å². The predicted molar refractivity (Wildman–Crippen MR) is 209 cm³/mol. The van der Waals surface area contributed by atoms with E-state index in [1.807, 2.05) is 43.3 Å². The molecule has 1 aromatic carbocycles. The van der Waals surface area contributed by atoms with Crippen molar-refractivity contribution in [2.24, 2.45) is 29.1 Å². The normalized spacial score (nSPS) is 35.4. The molecule has 5 fully saturated rings. The predicted octanol–water partition coefficient (Wildman–Crippen LogP) is 6.43. The lowest BCUT2D eigenvalue weighted by molar-refractivity contribution is -0.156. The number of esters is 1. The molecule has 12 heteroatoms. The van der Waals surface area contributed by atoms with Gasteiger partial charge in [0.05, 0.1) is 40.4 Å². The van der Waals surface area contributed by atoms with Gasteiger partial charge in [0.25, 0.3) is 0 Å². The van der Waals surface area contributed by atoms with Crippen LogP contribution in [0.4, 0.5) is 0 Å². The van der Waals surface area contributed by atoms with E-state index in [1.165, 1.54) is 6.42 Å². The van der Waals surface area contributed by atoms with Crippen LogP contribution in [0, 0.1) is 36.0 Å². The molecule has 4 heterocycles. The molecule has 1 N–H and O–H groups in total. The van der Waals surface area contributed by atoms with Crippen LogP contribution >= 0.6 is 0 Å². The molecular formula is C44H55N3O8S. The number of benzene rings is 1. The van der Waals surface area contributed by atoms with Gasteiger partial charge in [0.15, 0.2) is 5.78 Å². The van der Waals surface area contributed by atoms with Crippen LogP contribution in [0.1, 0.15) is 121 Å². The maximum Gasteiger partial charge on any atom is 0.306 e. The summed E-state index contributed by atoms with van der Waals surface area (Å²) < 4.78 is 41.0. The minimum atomic E-state index is -3.93. The second-order valence-corrected chi connectivity index (χ2v) is 20.9. The van der Waals surface area contributed by atoms with Crippen molar-refractivity contribution in [2.45, 2.75) is 145 Å². The van der Waals surface area contributed by atoms with Crippen molar-refractivity contribution in [1.29, 1.82) is 0 Å². The highest BCUT2D eigenvalue weighted by atomic mass is 32.2. The van der Waals surface area contributed by atoms with E-state index in [-0.39, 0.29) is 55.5 Å². The molecule has 0 radical (unpaired) electrons. The maximum atomic E-state index is 15.0. The number of nitrogens with zero attached hydrogens (tertiary/aromatic N) is 2. The third-order valence-corrected chi connectivity index (χ3v) is 16.9. The quantitative estimate of drug-likeness (QED) is 0.258. The van der Waals surface area contributed by atoms with Crippen LogP contribution in [-0.2, 0) is 40.4 Å². The van der Waals surface area contributed by atoms with Gasteiger partial charge >= 0.3 is 5.97 Å². The van der Waals surface area contributed by atoms with Crippen molar-refractivity contribution in [3.8, 4) is 5.75 Å². The fourth-order valence-corrected chi connectivity index (χ4v) is 12.2. The number of rotatable bonds is 6. The van der Waals surface area contributed by atoms with Crippen molar-refractivity contribution >= 4 is 44.5 Å². The standard InChI is InChI=1S/C44H55N3O8S/c1-27-39-33(32-12-8-9-13-34(32)45-27)16-17-43(55-39)24-35-36(48)25-44(41(51)46-56(52,53)42(2)18-19-42)23-31(44)11-7-5-3-4-6-10-30(40(50)47(35)26-43)22-38(49)54-37-21-28-14-15-29(37)20-28/h7-9,11-13,28-31,35,37H,3-6,10,14-26H2,1-2H3,(H,46,51)/b11-7-/t28-,29+,30+,31+,35-,37+,43+,44+/m0/s1. The van der Waals surface area contributed by atoms with Crippen LogP contribution in [0.15, 0.2) is 36.4 Å². The van der Waals surface area contributed by atoms with Crippen molar-refractivity contribution in [3.05, 3.63) is 47.7 Å². The van der Waals surface area contributed by atoms with Gasteiger partial charge in [-0.1, -0.05) is 43.2 Å². The average Bonchev–Trinajstić information content (AvgIpc) is 3.89. The summed E-state index contributed by atoms with van der Waals surface area (Å²) in [6, 6.07) is 7.08. The Hall–Kier alpha value is -3.80. The first kappa shape index (κ1) is 37.8. The monoisotopic (exact) mass is 785 g/mol. The molecule has 1 aromatic heterocycles. The summed E-state index contributed by atoms with van der Waals surface area (Å²) in [6.07, 6.45) is 14.5. The lowest BCUT2D eigenvalue weighted by Crippen LogP contribution is -2.48. The van der Waals surface area contributed by atoms with E-state index in [0.717, 1.165) is 67.1 Å². The van der Waals surface area contributed by atoms with Crippen LogP contribution in [0.5, 0.6) is 5.75 Å². The van der Waals surface area contributed by atoms with E-state index in [1.54, 1.807) is 11.8 Å². The van der Waals surface area contributed by atoms with Gasteiger partial charge in [-0.3, -0.25) is 23.9 Å². The Kier molecular flexibility index (Phi) is 9.40. The number of allylic oxidation sites excluding steroid dienone is 2. The Bertz CT molecular complexity index is 2110. The first-order valence-electron chi connectivity index (χ1n) is 21.1. The lowest BCUT2D eigenvalue weighted by Gasteiger charge is -2.36. The van der Waals surface area contributed by atoms with Crippen molar-refractivity contribution in [1.82, 2.24) is 14.6 Å². The summed E-state index contributed by atoms with van der Waals surface area (Å²) in [4.78, 5) is 63.9. The number of aromatic nitrogens is 1. The number of amides is 2. The number of aryl methyl sites for hydroxylation is 2. The van der Waals surface area contributed by atoms with Gasteiger partial charge in [-0.05, 0) is 115 Å². The molecule has 0 unspecified atom stereocenters. The summed E-state index contributed by atoms with van der Waals surface area (Å²) in [5.74, 6) is -0.764. The van der Waals surface area contributed by atoms with Gasteiger partial charge in [0.1, 0.15) is 17.5 Å². The number of sulfonamides is 1. The molecule has 7 aliphatic rings. The first-order chi connectivity index (χ1) is 26.8. The minimum Gasteiger partial charge on any atom is -0.483 e. The molecule has 300 valence electrons. The molecule has 3 aliphatic heterocycles. The van der Waals surface area contributed by atoms with Crippen LogP contribution in [0.2, 0.25) is 0 Å². The molecule has 1 spiro atoms. The summed E-state index contributed by atoms with van der Waals surface area (Å²) in [6.45, 7) is 3.73. The summed E-state index contributed by atoms with van der Waals surface area (Å²) >= 11 is 0. The van der Waals surface area contributed by atoms with Gasteiger partial charge in [-0.15, -0.1) is 0 Å². The van der Waals surface area contributed by atoms with E-state index < -0.39 is 43.7 Å². The van der Waals surface area contributed by atoms with Crippen LogP contribution in [0.3, 0.4) is 0 Å². The molecule has 2 aromatic rings. The molecule has 4 saturated carbocycles. The second-order valence-electron chi connectivity index (χ2n) is 18.7. The topological polar surface area (TPSA) is 149 Å². The SMILES string of the molecule is Cc1nc2ccccc2c2c1O[C@]1(CC2)C[C@H]2C(=O)C[C@]3(C(=O)NS(=O)(=O)C4(C)CC4)C[C@H]3/C=C\CCCCC[C@H](CC(=O)O[C@@H]3C[C@H]4CC[C@@H]3C4)C(=O)N2C1. The zero-order chi connectivity index (χ0) is 39.0. The highest BCUT2D eigenvalue weighted by molar-refractivity contribution is 7.91. The number of nitrogens with one attached hydrogen (secondary N) is 1. The minimum absolute atomic E-state index is 0.0409. The van der Waals surface area contributed by atoms with Crippen molar-refractivity contribution in [3.63, 3.8) is 0 Å². The third kappa shape index (κ3) is 6.75. The number of fused-ring (bicyclic) bond motifs is 7. The van der Waals surface area contributed by atoms with E-state index in [2.05, 4.69) is 4.72 Å². The highest BCUT2D eigenvalue weighted by Crippen LogP contribution is 2.58. The van der Waals surface area contributed by atoms with Gasteiger partial charge < -0.3 is 14.4 Å². The molecule has 4 aliphatic carbocycles. The Morgan fingerprint density at radius 2 is 1.86 bits per heavy atom. The Balaban J connectivity index is 1.03. The zero-order valence-corrected chi connectivity index (χ0v) is 33.5. The molecule has 56 heavy (non-hydrogen) atoms. The van der Waals surface area contributed by atoms with Crippen LogP contribution in [0.25, 0.3) is 10.9 Å². The molecule has 8 atom stereocenters. The third-order valence-electron chi connectivity index (χ3n) is 14.7. The second kappa shape index (κ2) is 13.9. The number of carbonyl (C=O) groups is 4. The largest absolute Gasteiger partial charge is 0.483 e. The fraction of sp³-hybridized carbons (Fsp3) is 0.659. The number of hydrogen-bond donors (Lipinski definition) is 1. The van der Waals surface area contributed by atoms with Crippen LogP contribution in [-0.4, -0.2) is 70.9 Å². The highest BCUT2D eigenvalue weighted by Gasteiger charge is 2.63. The average molecular weight is 786 g/mol. The van der Waals surface area contributed by atoms with Crippen molar-refractivity contribution < 1.29 is 37.1 Å². The molecule has 2 amide bonds. The summed E-state index contributed by atoms with van der Waals surface area (Å²) in [5, 5.41) is 1.02. The molecule has 11 nitrogen and oxygen atoms in total. The Morgan fingerprint density at radius 3 is 2.62 bits per heavy atom. The number of hydrogen-bond acceptors (Lipinski definition) is 9. The number of carbonyl (C=O) groups excluding carboxylic acids is 4. The van der Waals surface area contributed by atoms with Gasteiger partial charge in [0, 0.05) is 29.7 Å². The van der Waals surface area contributed by atoms with Gasteiger partial charge in [-0.25, -0.2) is 13.4 Å². The summed E-state index contributed by atoms with van der Waals surface area (Å²) in [7, 11) is -3.93. The van der Waals surface area contributed by atoms with Crippen molar-refractivity contribution in [2.75, 3.05) is 6.54 Å². The number of pyridine rings is 1. The molecular weight excluding hydrogens is 731 g/mol. The fourth-order valence-electron chi connectivity index (χ4n) is 10.9. The molecule has 1 saturated heterocycles. The Labute approximate surface area is 329 Å². The smallest absolute Gasteiger partial charge is 0.306 e. The van der Waals surface area contributed by atoms with E-state index >= 15 is 0 Å². The number of para-hydroxylation sites is 1. The number of ether oxygens (including phenoxy) is 2. The van der Waals surface area contributed by atoms with Gasteiger partial charge in [0.2, 0.25) is 21.8 Å². The van der Waals surface area contributed by atoms with Crippen LogP contribution < -0.4 is 9.46 Å². The van der Waals surface area contributed by atoms with Gasteiger partial charge in [-0.2, -0.15) is 0 Å². The Morgan fingerprint density at radius 1 is 1.04 bits per heavy atom. The number of Topliss-reactive ketones (excluding diaryl/α,β-unsaturated/α-hetero) is 1. The molecule has 2 bridgehead atoms. The first-order valence-corrected chi connectivity index (χ1v) is 22.6. The van der Waals surface area contributed by atoms with E-state index in [0.29, 0.717) is 56.1 Å². The lowest BCUT2D eigenvalue weighted by atomic mass is 9.85.